The maximum atomic E-state index is 13.4. The number of nitrogens with one attached hydrogen (secondary N) is 2. The lowest BCUT2D eigenvalue weighted by Gasteiger charge is -2.28. The molecule has 202 valence electrons. The second-order valence-electron chi connectivity index (χ2n) is 10.2. The molecule has 0 spiro atoms. The number of hydrogen-bond acceptors (Lipinski definition) is 9. The number of carbonyl (C=O) groups is 2. The van der Waals surface area contributed by atoms with Crippen molar-refractivity contribution in [3.8, 4) is 5.75 Å². The predicted molar refractivity (Wildman–Crippen MR) is 138 cm³/mol. The highest BCUT2D eigenvalue weighted by Crippen LogP contribution is 2.33. The Balaban J connectivity index is 2.18. The molecular formula is C26H42N4O6. The number of ether oxygens (including phenoxy) is 3. The SMILES string of the molecule is C[C@@H]1OC(c2ccc(OCCCO)cc2)=N[C@]1(CCC(=O)OC(C)(C)C)C(=O)NNCCCN(C)C. The molecule has 2 atom stereocenters. The fraction of sp³-hybridized carbons (Fsp3) is 0.654. The molecule has 0 bridgehead atoms. The summed E-state index contributed by atoms with van der Waals surface area (Å²) in [5.74, 6) is 0.238. The second-order valence-corrected chi connectivity index (χ2v) is 10.2. The van der Waals surface area contributed by atoms with Crippen LogP contribution in [0.1, 0.15) is 58.9 Å². The number of aliphatic imine (C=N–C) groups is 1. The van der Waals surface area contributed by atoms with Crippen LogP contribution in [-0.2, 0) is 19.1 Å². The summed E-state index contributed by atoms with van der Waals surface area (Å²) in [7, 11) is 3.98. The minimum absolute atomic E-state index is 0.0213. The summed E-state index contributed by atoms with van der Waals surface area (Å²) in [6, 6.07) is 7.19. The van der Waals surface area contributed by atoms with Crippen molar-refractivity contribution in [3.63, 3.8) is 0 Å². The van der Waals surface area contributed by atoms with E-state index in [1.54, 1.807) is 52.0 Å². The molecule has 1 aromatic rings. The van der Waals surface area contributed by atoms with Gasteiger partial charge in [-0.3, -0.25) is 15.0 Å². The Kier molecular flexibility index (Phi) is 11.1. The molecule has 3 N–H and O–H groups in total. The largest absolute Gasteiger partial charge is 0.494 e. The van der Waals surface area contributed by atoms with E-state index in [0.29, 0.717) is 36.8 Å². The summed E-state index contributed by atoms with van der Waals surface area (Å²) in [6.07, 6.45) is 0.964. The van der Waals surface area contributed by atoms with E-state index in [1.807, 2.05) is 14.1 Å². The van der Waals surface area contributed by atoms with E-state index in [-0.39, 0.29) is 25.4 Å². The van der Waals surface area contributed by atoms with E-state index in [4.69, 9.17) is 24.3 Å². The molecule has 0 aliphatic carbocycles. The first kappa shape index (κ1) is 29.5. The minimum Gasteiger partial charge on any atom is -0.494 e. The van der Waals surface area contributed by atoms with Crippen molar-refractivity contribution in [2.24, 2.45) is 4.99 Å². The van der Waals surface area contributed by atoms with Gasteiger partial charge < -0.3 is 24.2 Å². The summed E-state index contributed by atoms with van der Waals surface area (Å²) < 4.78 is 17.1. The Hall–Kier alpha value is -2.69. The Morgan fingerprint density at radius 2 is 1.89 bits per heavy atom. The van der Waals surface area contributed by atoms with Crippen molar-refractivity contribution in [1.29, 1.82) is 0 Å². The highest BCUT2D eigenvalue weighted by molar-refractivity contribution is 6.00. The van der Waals surface area contributed by atoms with Crippen LogP contribution in [0.3, 0.4) is 0 Å². The van der Waals surface area contributed by atoms with Crippen molar-refractivity contribution >= 4 is 17.8 Å². The first-order valence-electron chi connectivity index (χ1n) is 12.5. The van der Waals surface area contributed by atoms with E-state index >= 15 is 0 Å². The third-order valence-electron chi connectivity index (χ3n) is 5.57. The molecule has 10 nitrogen and oxygen atoms in total. The Labute approximate surface area is 214 Å². The van der Waals surface area contributed by atoms with E-state index in [9.17, 15) is 9.59 Å². The quantitative estimate of drug-likeness (QED) is 0.199. The predicted octanol–water partition coefficient (Wildman–Crippen LogP) is 2.05. The summed E-state index contributed by atoms with van der Waals surface area (Å²) in [4.78, 5) is 32.6. The fourth-order valence-electron chi connectivity index (χ4n) is 3.67. The van der Waals surface area contributed by atoms with Crippen LogP contribution in [0.15, 0.2) is 29.3 Å². The van der Waals surface area contributed by atoms with Crippen LogP contribution < -0.4 is 15.6 Å². The fourth-order valence-corrected chi connectivity index (χ4v) is 3.67. The van der Waals surface area contributed by atoms with Crippen molar-refractivity contribution < 1.29 is 28.9 Å². The molecular weight excluding hydrogens is 464 g/mol. The molecule has 0 saturated heterocycles. The van der Waals surface area contributed by atoms with Gasteiger partial charge >= 0.3 is 5.97 Å². The third-order valence-corrected chi connectivity index (χ3v) is 5.57. The van der Waals surface area contributed by atoms with Crippen LogP contribution in [0.25, 0.3) is 0 Å². The molecule has 0 radical (unpaired) electrons. The number of carbonyl (C=O) groups excluding carboxylic acids is 2. The van der Waals surface area contributed by atoms with Gasteiger partial charge in [-0.25, -0.2) is 10.4 Å². The number of amides is 1. The van der Waals surface area contributed by atoms with Gasteiger partial charge in [-0.1, -0.05) is 0 Å². The zero-order chi connectivity index (χ0) is 26.8. The second kappa shape index (κ2) is 13.6. The van der Waals surface area contributed by atoms with Crippen molar-refractivity contribution in [3.05, 3.63) is 29.8 Å². The van der Waals surface area contributed by atoms with Crippen LogP contribution in [0.5, 0.6) is 5.75 Å². The van der Waals surface area contributed by atoms with Crippen LogP contribution in [0.4, 0.5) is 0 Å². The molecule has 1 aliphatic rings. The van der Waals surface area contributed by atoms with Gasteiger partial charge in [-0.2, -0.15) is 0 Å². The van der Waals surface area contributed by atoms with Crippen LogP contribution >= 0.6 is 0 Å². The first-order valence-corrected chi connectivity index (χ1v) is 12.5. The van der Waals surface area contributed by atoms with E-state index in [2.05, 4.69) is 15.8 Å². The average Bonchev–Trinajstić information content (AvgIpc) is 3.14. The molecule has 1 amide bonds. The Morgan fingerprint density at radius 3 is 2.50 bits per heavy atom. The summed E-state index contributed by atoms with van der Waals surface area (Å²) in [5, 5.41) is 8.91. The molecule has 0 unspecified atom stereocenters. The normalized spacial score (nSPS) is 19.6. The molecule has 1 heterocycles. The number of hydrogen-bond donors (Lipinski definition) is 3. The number of aliphatic hydroxyl groups is 1. The van der Waals surface area contributed by atoms with Crippen molar-refractivity contribution in [2.75, 3.05) is 40.4 Å². The lowest BCUT2D eigenvalue weighted by molar-refractivity contribution is -0.155. The standard InChI is InChI=1S/C26H42N4O6/c1-19-26(14-13-22(32)36-25(2,3)4,24(33)29-27-15-7-16-30(5)6)28-23(35-19)20-9-11-21(12-10-20)34-18-8-17-31/h9-12,19,27,31H,7-8,13-18H2,1-6H3,(H,29,33)/t19-,26-/m0/s1. The Morgan fingerprint density at radius 1 is 1.19 bits per heavy atom. The van der Waals surface area contributed by atoms with Gasteiger partial charge in [-0.15, -0.1) is 0 Å². The Bertz CT molecular complexity index is 881. The van der Waals surface area contributed by atoms with Gasteiger partial charge in [0.05, 0.1) is 6.61 Å². The molecule has 1 aromatic carbocycles. The van der Waals surface area contributed by atoms with Crippen LogP contribution in [0, 0.1) is 0 Å². The third kappa shape index (κ3) is 9.07. The van der Waals surface area contributed by atoms with Gasteiger partial charge in [0.1, 0.15) is 17.5 Å². The van der Waals surface area contributed by atoms with Crippen molar-refractivity contribution in [1.82, 2.24) is 15.8 Å². The zero-order valence-corrected chi connectivity index (χ0v) is 22.4. The van der Waals surface area contributed by atoms with E-state index in [1.165, 1.54) is 0 Å². The maximum Gasteiger partial charge on any atom is 0.306 e. The topological polar surface area (TPSA) is 122 Å². The van der Waals surface area contributed by atoms with Gasteiger partial charge in [0.15, 0.2) is 5.54 Å². The van der Waals surface area contributed by atoms with Gasteiger partial charge in [-0.05, 0) is 85.4 Å². The van der Waals surface area contributed by atoms with Gasteiger partial charge in [0, 0.05) is 31.6 Å². The zero-order valence-electron chi connectivity index (χ0n) is 22.4. The highest BCUT2D eigenvalue weighted by Gasteiger charge is 2.50. The van der Waals surface area contributed by atoms with E-state index in [0.717, 1.165) is 13.0 Å². The average molecular weight is 507 g/mol. The smallest absolute Gasteiger partial charge is 0.306 e. The lowest BCUT2D eigenvalue weighted by atomic mass is 9.88. The number of esters is 1. The number of benzene rings is 1. The van der Waals surface area contributed by atoms with E-state index < -0.39 is 23.2 Å². The lowest BCUT2D eigenvalue weighted by Crippen LogP contribution is -2.55. The maximum absolute atomic E-state index is 13.4. The monoisotopic (exact) mass is 506 g/mol. The number of nitrogens with zero attached hydrogens (tertiary/aromatic N) is 2. The number of rotatable bonds is 14. The number of hydrazine groups is 1. The first-order chi connectivity index (χ1) is 17.0. The van der Waals surface area contributed by atoms with Crippen LogP contribution in [0.2, 0.25) is 0 Å². The summed E-state index contributed by atoms with van der Waals surface area (Å²) >= 11 is 0. The minimum atomic E-state index is -1.29. The van der Waals surface area contributed by atoms with Crippen molar-refractivity contribution in [2.45, 2.75) is 70.6 Å². The highest BCUT2D eigenvalue weighted by atomic mass is 16.6. The van der Waals surface area contributed by atoms with Gasteiger partial charge in [0.25, 0.3) is 5.91 Å². The molecule has 2 rings (SSSR count). The molecule has 36 heavy (non-hydrogen) atoms. The summed E-state index contributed by atoms with van der Waals surface area (Å²) in [5.41, 5.74) is 4.52. The van der Waals surface area contributed by atoms with Gasteiger partial charge in [0.2, 0.25) is 5.90 Å². The van der Waals surface area contributed by atoms with Crippen LogP contribution in [-0.4, -0.2) is 85.4 Å². The summed E-state index contributed by atoms with van der Waals surface area (Å²) in [6.45, 7) is 9.16. The molecule has 0 fully saturated rings. The molecule has 1 aliphatic heterocycles. The number of aliphatic hydroxyl groups excluding tert-OH is 1. The molecule has 0 saturated carbocycles. The molecule has 0 aromatic heterocycles. The molecule has 10 heteroatoms.